The molecule has 3 fully saturated rings. The highest BCUT2D eigenvalue weighted by Crippen LogP contribution is 2.39. The van der Waals surface area contributed by atoms with Gasteiger partial charge in [0.1, 0.15) is 5.75 Å². The lowest BCUT2D eigenvalue weighted by molar-refractivity contribution is -0.0129. The van der Waals surface area contributed by atoms with Crippen LogP contribution in [0.4, 0.5) is 4.79 Å². The Kier molecular flexibility index (Phi) is 5.48. The molecule has 1 aromatic rings. The van der Waals surface area contributed by atoms with Gasteiger partial charge in [-0.25, -0.2) is 13.2 Å². The van der Waals surface area contributed by atoms with Gasteiger partial charge < -0.3 is 19.3 Å². The molecule has 3 heterocycles. The molecule has 4 rings (SSSR count). The van der Waals surface area contributed by atoms with Gasteiger partial charge in [0.05, 0.1) is 17.5 Å². The first-order chi connectivity index (χ1) is 13.9. The summed E-state index contributed by atoms with van der Waals surface area (Å²) >= 11 is 0. The Morgan fingerprint density at radius 3 is 2.52 bits per heavy atom. The van der Waals surface area contributed by atoms with E-state index in [1.165, 1.54) is 11.4 Å². The number of hydrogen-bond donors (Lipinski definition) is 0. The number of piperidine rings is 1. The second-order valence-electron chi connectivity index (χ2n) is 8.16. The summed E-state index contributed by atoms with van der Waals surface area (Å²) in [5.41, 5.74) is -0.178. The summed E-state index contributed by atoms with van der Waals surface area (Å²) in [5.74, 6) is 0.521. The third-order valence-corrected chi connectivity index (χ3v) is 8.36. The average Bonchev–Trinajstić information content (AvgIpc) is 2.97. The SMILES string of the molecule is COc1cccc(S(=O)(=O)N2CCC(N3C(=O)N(C)CC34CCOCC4)CC2)c1. The fourth-order valence-electron chi connectivity index (χ4n) is 4.92. The van der Waals surface area contributed by atoms with Crippen molar-refractivity contribution in [3.8, 4) is 5.75 Å². The van der Waals surface area contributed by atoms with Crippen molar-refractivity contribution < 1.29 is 22.7 Å². The van der Waals surface area contributed by atoms with E-state index in [1.807, 2.05) is 11.9 Å². The van der Waals surface area contributed by atoms with Crippen LogP contribution in [0.3, 0.4) is 0 Å². The van der Waals surface area contributed by atoms with E-state index >= 15 is 0 Å². The lowest BCUT2D eigenvalue weighted by atomic mass is 9.87. The van der Waals surface area contributed by atoms with Gasteiger partial charge in [-0.15, -0.1) is 0 Å². The summed E-state index contributed by atoms with van der Waals surface area (Å²) in [5, 5.41) is 0. The quantitative estimate of drug-likeness (QED) is 0.737. The summed E-state index contributed by atoms with van der Waals surface area (Å²) in [6, 6.07) is 6.68. The van der Waals surface area contributed by atoms with Crippen molar-refractivity contribution in [2.24, 2.45) is 0 Å². The van der Waals surface area contributed by atoms with Gasteiger partial charge in [0.15, 0.2) is 0 Å². The van der Waals surface area contributed by atoms with Crippen molar-refractivity contribution in [3.05, 3.63) is 24.3 Å². The Labute approximate surface area is 172 Å². The van der Waals surface area contributed by atoms with Crippen molar-refractivity contribution in [2.75, 3.05) is 47.0 Å². The molecule has 1 spiro atoms. The highest BCUT2D eigenvalue weighted by Gasteiger charge is 2.52. The van der Waals surface area contributed by atoms with Crippen molar-refractivity contribution in [1.82, 2.24) is 14.1 Å². The van der Waals surface area contributed by atoms with E-state index in [2.05, 4.69) is 0 Å². The minimum atomic E-state index is -3.58. The molecule has 0 aromatic heterocycles. The number of hydrogen-bond acceptors (Lipinski definition) is 5. The van der Waals surface area contributed by atoms with Gasteiger partial charge in [-0.3, -0.25) is 0 Å². The number of rotatable bonds is 4. The molecule has 9 heteroatoms. The smallest absolute Gasteiger partial charge is 0.320 e. The van der Waals surface area contributed by atoms with Crippen LogP contribution in [0.15, 0.2) is 29.2 Å². The first-order valence-electron chi connectivity index (χ1n) is 10.1. The Bertz CT molecular complexity index is 861. The normalized spacial score (nSPS) is 23.7. The first kappa shape index (κ1) is 20.4. The standard InChI is InChI=1S/C20H29N3O5S/c1-21-15-20(8-12-28-13-9-20)23(19(21)24)16-6-10-22(11-7-16)29(25,26)18-5-3-4-17(14-18)27-2/h3-5,14,16H,6-13,15H2,1-2H3. The van der Waals surface area contributed by atoms with Crippen LogP contribution in [0.5, 0.6) is 5.75 Å². The molecule has 1 aromatic carbocycles. The molecule has 8 nitrogen and oxygen atoms in total. The molecule has 0 aliphatic carbocycles. The third-order valence-electron chi connectivity index (χ3n) is 6.47. The average molecular weight is 424 g/mol. The van der Waals surface area contributed by atoms with E-state index in [0.29, 0.717) is 44.9 Å². The molecule has 29 heavy (non-hydrogen) atoms. The molecule has 0 saturated carbocycles. The molecular weight excluding hydrogens is 394 g/mol. The maximum absolute atomic E-state index is 13.1. The van der Waals surface area contributed by atoms with Gasteiger partial charge in [0, 0.05) is 52.0 Å². The molecule has 3 saturated heterocycles. The van der Waals surface area contributed by atoms with Crippen LogP contribution in [-0.2, 0) is 14.8 Å². The third kappa shape index (κ3) is 3.60. The molecule has 0 radical (unpaired) electrons. The molecule has 3 aliphatic rings. The predicted octanol–water partition coefficient (Wildman–Crippen LogP) is 1.76. The lowest BCUT2D eigenvalue weighted by Gasteiger charge is -2.46. The number of ether oxygens (including phenoxy) is 2. The van der Waals surface area contributed by atoms with Crippen molar-refractivity contribution in [1.29, 1.82) is 0 Å². The molecule has 160 valence electrons. The predicted molar refractivity (Wildman–Crippen MR) is 107 cm³/mol. The minimum absolute atomic E-state index is 0.0565. The van der Waals surface area contributed by atoms with E-state index < -0.39 is 10.0 Å². The summed E-state index contributed by atoms with van der Waals surface area (Å²) in [7, 11) is -0.209. The van der Waals surface area contributed by atoms with E-state index in [4.69, 9.17) is 9.47 Å². The lowest BCUT2D eigenvalue weighted by Crippen LogP contribution is -2.57. The van der Waals surface area contributed by atoms with Gasteiger partial charge in [0.25, 0.3) is 0 Å². The Balaban J connectivity index is 1.49. The molecule has 0 bridgehead atoms. The van der Waals surface area contributed by atoms with Crippen LogP contribution in [0.2, 0.25) is 0 Å². The first-order valence-corrected chi connectivity index (χ1v) is 11.6. The van der Waals surface area contributed by atoms with Crippen molar-refractivity contribution in [2.45, 2.75) is 42.2 Å². The van der Waals surface area contributed by atoms with Gasteiger partial charge >= 0.3 is 6.03 Å². The van der Waals surface area contributed by atoms with Crippen LogP contribution in [0, 0.1) is 0 Å². The molecule has 0 atom stereocenters. The highest BCUT2D eigenvalue weighted by atomic mass is 32.2. The van der Waals surface area contributed by atoms with Crippen molar-refractivity contribution >= 4 is 16.1 Å². The molecular formula is C20H29N3O5S. The zero-order chi connectivity index (χ0) is 20.6. The topological polar surface area (TPSA) is 79.4 Å². The van der Waals surface area contributed by atoms with Gasteiger partial charge in [-0.1, -0.05) is 6.07 Å². The van der Waals surface area contributed by atoms with Gasteiger partial charge in [-0.2, -0.15) is 4.31 Å². The Morgan fingerprint density at radius 1 is 1.17 bits per heavy atom. The number of benzene rings is 1. The summed E-state index contributed by atoms with van der Waals surface area (Å²) in [6.45, 7) is 2.87. The zero-order valence-corrected chi connectivity index (χ0v) is 17.9. The van der Waals surface area contributed by atoms with E-state index in [0.717, 1.165) is 19.4 Å². The minimum Gasteiger partial charge on any atom is -0.497 e. The van der Waals surface area contributed by atoms with Gasteiger partial charge in [0.2, 0.25) is 10.0 Å². The maximum Gasteiger partial charge on any atom is 0.320 e. The largest absolute Gasteiger partial charge is 0.497 e. The summed E-state index contributed by atoms with van der Waals surface area (Å²) in [6.07, 6.45) is 2.97. The highest BCUT2D eigenvalue weighted by molar-refractivity contribution is 7.89. The molecule has 0 unspecified atom stereocenters. The van der Waals surface area contributed by atoms with Crippen LogP contribution in [0.1, 0.15) is 25.7 Å². The number of urea groups is 1. The second-order valence-corrected chi connectivity index (χ2v) is 10.1. The number of sulfonamides is 1. The van der Waals surface area contributed by atoms with E-state index in [-0.39, 0.29) is 22.5 Å². The molecule has 2 amide bonds. The fourth-order valence-corrected chi connectivity index (χ4v) is 6.42. The Morgan fingerprint density at radius 2 is 1.86 bits per heavy atom. The number of amides is 2. The summed E-state index contributed by atoms with van der Waals surface area (Å²) < 4.78 is 38.4. The van der Waals surface area contributed by atoms with Gasteiger partial charge in [-0.05, 0) is 37.8 Å². The fraction of sp³-hybridized carbons (Fsp3) is 0.650. The number of methoxy groups -OCH3 is 1. The maximum atomic E-state index is 13.1. The number of likely N-dealkylation sites (N-methyl/N-ethyl adjacent to an activating group) is 1. The zero-order valence-electron chi connectivity index (χ0n) is 17.0. The number of carbonyl (C=O) groups excluding carboxylic acids is 1. The molecule has 3 aliphatic heterocycles. The monoisotopic (exact) mass is 423 g/mol. The van der Waals surface area contributed by atoms with Crippen LogP contribution in [0.25, 0.3) is 0 Å². The summed E-state index contributed by atoms with van der Waals surface area (Å²) in [4.78, 5) is 17.0. The second kappa shape index (κ2) is 7.77. The van der Waals surface area contributed by atoms with Crippen LogP contribution >= 0.6 is 0 Å². The van der Waals surface area contributed by atoms with Crippen LogP contribution in [-0.4, -0.2) is 87.1 Å². The Hall–Kier alpha value is -1.84. The molecule has 0 N–H and O–H groups in total. The van der Waals surface area contributed by atoms with Crippen molar-refractivity contribution in [3.63, 3.8) is 0 Å². The number of nitrogens with zero attached hydrogens (tertiary/aromatic N) is 3. The van der Waals surface area contributed by atoms with E-state index in [1.54, 1.807) is 29.2 Å². The number of carbonyl (C=O) groups is 1. The van der Waals surface area contributed by atoms with Crippen LogP contribution < -0.4 is 4.74 Å². The van der Waals surface area contributed by atoms with E-state index in [9.17, 15) is 13.2 Å².